The van der Waals surface area contributed by atoms with Crippen LogP contribution in [-0.2, 0) is 0 Å². The van der Waals surface area contributed by atoms with Crippen LogP contribution in [0.1, 0.15) is 32.3 Å². The van der Waals surface area contributed by atoms with Crippen LogP contribution < -0.4 is 5.32 Å². The van der Waals surface area contributed by atoms with Crippen molar-refractivity contribution in [2.24, 2.45) is 0 Å². The second-order valence-corrected chi connectivity index (χ2v) is 5.76. The zero-order chi connectivity index (χ0) is 12.9. The second kappa shape index (κ2) is 6.09. The van der Waals surface area contributed by atoms with Gasteiger partial charge >= 0.3 is 0 Å². The number of hydrogen-bond acceptors (Lipinski definition) is 3. The van der Waals surface area contributed by atoms with Crippen LogP contribution in [0.15, 0.2) is 29.2 Å². The van der Waals surface area contributed by atoms with Crippen LogP contribution in [0.4, 0.5) is 0 Å². The topological polar surface area (TPSA) is 35.8 Å². The average molecular weight is 248 g/mol. The van der Waals surface area contributed by atoms with Gasteiger partial charge in [-0.15, -0.1) is 11.8 Å². The van der Waals surface area contributed by atoms with Crippen molar-refractivity contribution in [1.82, 2.24) is 5.32 Å². The Bertz CT molecular complexity index is 392. The molecular weight excluding hydrogens is 228 g/mol. The van der Waals surface area contributed by atoms with Crippen molar-refractivity contribution in [1.29, 1.82) is 5.26 Å². The third-order valence-corrected chi connectivity index (χ3v) is 4.20. The van der Waals surface area contributed by atoms with Gasteiger partial charge in [-0.3, -0.25) is 0 Å². The zero-order valence-corrected chi connectivity index (χ0v) is 11.8. The summed E-state index contributed by atoms with van der Waals surface area (Å²) in [5, 5.41) is 12.1. The first-order chi connectivity index (χ1) is 8.00. The molecule has 0 aliphatic carbocycles. The van der Waals surface area contributed by atoms with E-state index in [1.165, 1.54) is 10.5 Å². The van der Waals surface area contributed by atoms with Gasteiger partial charge in [-0.05, 0) is 37.6 Å². The summed E-state index contributed by atoms with van der Waals surface area (Å²) in [6.07, 6.45) is 0. The standard InChI is InChI=1S/C14H20N2S/c1-11(2)12-5-7-13(8-6-12)17-10-14(3,9-15)16-4/h5-8,11,16H,10H2,1-4H3. The fourth-order valence-electron chi connectivity index (χ4n) is 1.34. The lowest BCUT2D eigenvalue weighted by molar-refractivity contribution is 0.550. The van der Waals surface area contributed by atoms with Gasteiger partial charge in [0.25, 0.3) is 0 Å². The van der Waals surface area contributed by atoms with Gasteiger partial charge in [0.15, 0.2) is 0 Å². The number of benzene rings is 1. The third kappa shape index (κ3) is 4.07. The van der Waals surface area contributed by atoms with Crippen molar-refractivity contribution < 1.29 is 0 Å². The lowest BCUT2D eigenvalue weighted by Crippen LogP contribution is -2.40. The van der Waals surface area contributed by atoms with Crippen LogP contribution in [-0.4, -0.2) is 18.3 Å². The molecule has 0 heterocycles. The van der Waals surface area contributed by atoms with E-state index in [9.17, 15) is 0 Å². The summed E-state index contributed by atoms with van der Waals surface area (Å²) in [6.45, 7) is 6.30. The second-order valence-electron chi connectivity index (χ2n) is 4.71. The SMILES string of the molecule is CNC(C)(C#N)CSc1ccc(C(C)C)cc1. The summed E-state index contributed by atoms with van der Waals surface area (Å²) in [5.74, 6) is 1.32. The van der Waals surface area contributed by atoms with Crippen molar-refractivity contribution in [2.75, 3.05) is 12.8 Å². The van der Waals surface area contributed by atoms with Crippen molar-refractivity contribution in [3.63, 3.8) is 0 Å². The molecule has 0 aromatic heterocycles. The van der Waals surface area contributed by atoms with Gasteiger partial charge in [-0.1, -0.05) is 26.0 Å². The Kier molecular flexibility index (Phi) is 5.04. The summed E-state index contributed by atoms with van der Waals surface area (Å²) in [6, 6.07) is 10.9. The van der Waals surface area contributed by atoms with Crippen LogP contribution in [0.2, 0.25) is 0 Å². The first-order valence-corrected chi connectivity index (χ1v) is 6.82. The molecule has 1 aromatic rings. The largest absolute Gasteiger partial charge is 0.302 e. The molecule has 92 valence electrons. The van der Waals surface area contributed by atoms with E-state index in [4.69, 9.17) is 5.26 Å². The maximum absolute atomic E-state index is 9.05. The van der Waals surface area contributed by atoms with Crippen LogP contribution in [0.3, 0.4) is 0 Å². The highest BCUT2D eigenvalue weighted by Crippen LogP contribution is 2.24. The van der Waals surface area contributed by atoms with E-state index in [0.717, 1.165) is 5.75 Å². The highest BCUT2D eigenvalue weighted by Gasteiger charge is 2.20. The molecule has 0 amide bonds. The maximum atomic E-state index is 9.05. The number of thioether (sulfide) groups is 1. The third-order valence-electron chi connectivity index (χ3n) is 2.87. The lowest BCUT2D eigenvalue weighted by atomic mass is 10.0. The molecule has 0 aliphatic rings. The Morgan fingerprint density at radius 2 is 1.94 bits per heavy atom. The molecule has 1 aromatic carbocycles. The van der Waals surface area contributed by atoms with Gasteiger partial charge in [0.2, 0.25) is 0 Å². The molecule has 0 bridgehead atoms. The highest BCUT2D eigenvalue weighted by atomic mass is 32.2. The summed E-state index contributed by atoms with van der Waals surface area (Å²) in [7, 11) is 1.83. The minimum Gasteiger partial charge on any atom is -0.302 e. The van der Waals surface area contributed by atoms with Crippen LogP contribution in [0.25, 0.3) is 0 Å². The fraction of sp³-hybridized carbons (Fsp3) is 0.500. The Labute approximate surface area is 108 Å². The molecule has 3 heteroatoms. The summed E-state index contributed by atoms with van der Waals surface area (Å²) in [4.78, 5) is 1.21. The van der Waals surface area contributed by atoms with Crippen LogP contribution in [0, 0.1) is 11.3 Å². The molecule has 0 fully saturated rings. The van der Waals surface area contributed by atoms with Crippen LogP contribution in [0.5, 0.6) is 0 Å². The van der Waals surface area contributed by atoms with Gasteiger partial charge in [0.05, 0.1) is 6.07 Å². The predicted molar refractivity (Wildman–Crippen MR) is 74.3 cm³/mol. The van der Waals surface area contributed by atoms with Crippen molar-refractivity contribution in [3.8, 4) is 6.07 Å². The summed E-state index contributed by atoms with van der Waals surface area (Å²) >= 11 is 1.71. The lowest BCUT2D eigenvalue weighted by Gasteiger charge is -2.19. The predicted octanol–water partition coefficient (Wildman–Crippen LogP) is 3.40. The Morgan fingerprint density at radius 1 is 1.35 bits per heavy atom. The smallest absolute Gasteiger partial charge is 0.113 e. The summed E-state index contributed by atoms with van der Waals surface area (Å²) in [5.41, 5.74) is 0.896. The van der Waals surface area contributed by atoms with E-state index in [0.29, 0.717) is 5.92 Å². The molecule has 0 radical (unpaired) electrons. The van der Waals surface area contributed by atoms with Crippen molar-refractivity contribution >= 4 is 11.8 Å². The number of nitrogens with zero attached hydrogens (tertiary/aromatic N) is 1. The molecule has 0 saturated heterocycles. The number of hydrogen-bond donors (Lipinski definition) is 1. The van der Waals surface area contributed by atoms with Gasteiger partial charge in [0.1, 0.15) is 5.54 Å². The Hall–Kier alpha value is -0.980. The number of nitriles is 1. The Balaban J connectivity index is 2.62. The molecule has 0 aliphatic heterocycles. The first kappa shape index (κ1) is 14.1. The molecule has 1 N–H and O–H groups in total. The van der Waals surface area contributed by atoms with Gasteiger partial charge in [0, 0.05) is 10.6 Å². The highest BCUT2D eigenvalue weighted by molar-refractivity contribution is 7.99. The van der Waals surface area contributed by atoms with Gasteiger partial charge < -0.3 is 5.32 Å². The molecule has 1 atom stereocenters. The van der Waals surface area contributed by atoms with E-state index in [1.807, 2.05) is 14.0 Å². The van der Waals surface area contributed by atoms with Crippen molar-refractivity contribution in [2.45, 2.75) is 37.1 Å². The van der Waals surface area contributed by atoms with E-state index in [-0.39, 0.29) is 0 Å². The zero-order valence-electron chi connectivity index (χ0n) is 10.9. The number of nitrogens with one attached hydrogen (secondary N) is 1. The quantitative estimate of drug-likeness (QED) is 0.811. The number of rotatable bonds is 5. The monoisotopic (exact) mass is 248 g/mol. The van der Waals surface area contributed by atoms with Crippen LogP contribution >= 0.6 is 11.8 Å². The molecular formula is C14H20N2S. The van der Waals surface area contributed by atoms with Gasteiger partial charge in [-0.2, -0.15) is 5.26 Å². The van der Waals surface area contributed by atoms with Gasteiger partial charge in [-0.25, -0.2) is 0 Å². The van der Waals surface area contributed by atoms with E-state index < -0.39 is 5.54 Å². The molecule has 1 rings (SSSR count). The molecule has 2 nitrogen and oxygen atoms in total. The summed E-state index contributed by atoms with van der Waals surface area (Å²) < 4.78 is 0. The van der Waals surface area contributed by atoms with E-state index >= 15 is 0 Å². The minimum absolute atomic E-state index is 0.457. The first-order valence-electron chi connectivity index (χ1n) is 5.83. The normalized spacial score (nSPS) is 14.4. The Morgan fingerprint density at radius 3 is 2.35 bits per heavy atom. The van der Waals surface area contributed by atoms with Crippen molar-refractivity contribution in [3.05, 3.63) is 29.8 Å². The maximum Gasteiger partial charge on any atom is 0.113 e. The van der Waals surface area contributed by atoms with E-state index in [2.05, 4.69) is 49.5 Å². The molecule has 0 saturated carbocycles. The minimum atomic E-state index is -0.457. The fourth-order valence-corrected chi connectivity index (χ4v) is 2.33. The molecule has 1 unspecified atom stereocenters. The van der Waals surface area contributed by atoms with E-state index in [1.54, 1.807) is 11.8 Å². The molecule has 0 spiro atoms. The average Bonchev–Trinajstić information content (AvgIpc) is 2.36. The molecule has 17 heavy (non-hydrogen) atoms.